The third-order valence-corrected chi connectivity index (χ3v) is 2.22. The van der Waals surface area contributed by atoms with Crippen molar-refractivity contribution in [3.05, 3.63) is 29.3 Å². The highest BCUT2D eigenvalue weighted by Gasteiger charge is 2.19. The second-order valence-corrected chi connectivity index (χ2v) is 3.19. The van der Waals surface area contributed by atoms with Gasteiger partial charge in [-0.25, -0.2) is 0 Å². The summed E-state index contributed by atoms with van der Waals surface area (Å²) < 4.78 is 0. The molecule has 2 atom stereocenters. The zero-order chi connectivity index (χ0) is 10.7. The van der Waals surface area contributed by atoms with Crippen molar-refractivity contribution in [2.45, 2.75) is 19.1 Å². The van der Waals surface area contributed by atoms with Crippen LogP contribution in [0.2, 0.25) is 0 Å². The first-order valence-corrected chi connectivity index (χ1v) is 4.33. The van der Waals surface area contributed by atoms with Gasteiger partial charge in [-0.05, 0) is 24.1 Å². The Morgan fingerprint density at radius 3 is 2.50 bits per heavy atom. The Morgan fingerprint density at radius 1 is 1.29 bits per heavy atom. The zero-order valence-corrected chi connectivity index (χ0v) is 7.88. The maximum absolute atomic E-state index is 9.57. The highest BCUT2D eigenvalue weighted by molar-refractivity contribution is 5.39. The average molecular weight is 198 g/mol. The molecule has 4 nitrogen and oxygen atoms in total. The van der Waals surface area contributed by atoms with Crippen LogP contribution in [-0.2, 0) is 0 Å². The van der Waals surface area contributed by atoms with E-state index in [9.17, 15) is 15.3 Å². The normalized spacial score (nSPS) is 15.1. The lowest BCUT2D eigenvalue weighted by Crippen LogP contribution is -2.22. The van der Waals surface area contributed by atoms with Crippen LogP contribution in [-0.4, -0.2) is 33.1 Å². The van der Waals surface area contributed by atoms with E-state index in [1.54, 1.807) is 19.1 Å². The van der Waals surface area contributed by atoms with Crippen LogP contribution in [0.1, 0.15) is 17.2 Å². The van der Waals surface area contributed by atoms with Gasteiger partial charge in [0.2, 0.25) is 0 Å². The number of rotatable bonds is 3. The molecule has 4 heteroatoms. The summed E-state index contributed by atoms with van der Waals surface area (Å²) in [6, 6.07) is 4.67. The average Bonchev–Trinajstić information content (AvgIpc) is 2.20. The number of benzene rings is 1. The van der Waals surface area contributed by atoms with Gasteiger partial charge in [0.15, 0.2) is 0 Å². The molecule has 78 valence electrons. The Hall–Kier alpha value is -1.10. The fourth-order valence-corrected chi connectivity index (χ4v) is 1.27. The molecule has 1 rings (SSSR count). The molecule has 0 saturated heterocycles. The van der Waals surface area contributed by atoms with Crippen LogP contribution in [0, 0.1) is 6.92 Å². The van der Waals surface area contributed by atoms with Gasteiger partial charge in [-0.2, -0.15) is 0 Å². The molecule has 0 radical (unpaired) electrons. The van der Waals surface area contributed by atoms with Gasteiger partial charge >= 0.3 is 0 Å². The molecule has 0 aliphatic heterocycles. The summed E-state index contributed by atoms with van der Waals surface area (Å²) in [5.41, 5.74) is 0.930. The van der Waals surface area contributed by atoms with Crippen molar-refractivity contribution in [3.8, 4) is 5.75 Å². The predicted octanol–water partition coefficient (Wildman–Crippen LogP) is 0.0872. The Morgan fingerprint density at radius 2 is 1.93 bits per heavy atom. The number of phenols is 1. The van der Waals surface area contributed by atoms with E-state index in [-0.39, 0.29) is 5.75 Å². The molecular formula is C10H14O4. The van der Waals surface area contributed by atoms with Crippen LogP contribution in [0.3, 0.4) is 0 Å². The minimum absolute atomic E-state index is 0.0617. The summed E-state index contributed by atoms with van der Waals surface area (Å²) in [7, 11) is 0. The van der Waals surface area contributed by atoms with Crippen LogP contribution < -0.4 is 0 Å². The minimum atomic E-state index is -1.23. The number of hydrogen-bond donors (Lipinski definition) is 4. The molecule has 4 N–H and O–H groups in total. The number of hydrogen-bond acceptors (Lipinski definition) is 4. The molecule has 0 spiro atoms. The molecule has 0 aromatic heterocycles. The quantitative estimate of drug-likeness (QED) is 0.554. The molecule has 0 heterocycles. The summed E-state index contributed by atoms with van der Waals surface area (Å²) in [5, 5.41) is 36.8. The molecule has 1 aromatic rings. The number of aromatic hydroxyl groups is 1. The smallest absolute Gasteiger partial charge is 0.118 e. The maximum atomic E-state index is 9.57. The van der Waals surface area contributed by atoms with Crippen molar-refractivity contribution in [3.63, 3.8) is 0 Å². The lowest BCUT2D eigenvalue weighted by atomic mass is 9.99. The second-order valence-electron chi connectivity index (χ2n) is 3.19. The van der Waals surface area contributed by atoms with E-state index in [1.807, 2.05) is 0 Å². The molecule has 0 fully saturated rings. The first-order chi connectivity index (χ1) is 6.57. The fourth-order valence-electron chi connectivity index (χ4n) is 1.27. The van der Waals surface area contributed by atoms with Gasteiger partial charge in [0.1, 0.15) is 18.0 Å². The van der Waals surface area contributed by atoms with Crippen LogP contribution in [0.4, 0.5) is 0 Å². The first-order valence-electron chi connectivity index (χ1n) is 4.33. The minimum Gasteiger partial charge on any atom is -0.508 e. The van der Waals surface area contributed by atoms with Gasteiger partial charge in [-0.3, -0.25) is 0 Å². The summed E-state index contributed by atoms with van der Waals surface area (Å²) in [5.74, 6) is 0.0617. The van der Waals surface area contributed by atoms with Gasteiger partial charge in [-0.1, -0.05) is 12.1 Å². The maximum Gasteiger partial charge on any atom is 0.118 e. The molecule has 0 bridgehead atoms. The van der Waals surface area contributed by atoms with Gasteiger partial charge in [0.05, 0.1) is 6.61 Å². The first kappa shape index (κ1) is 11.0. The van der Waals surface area contributed by atoms with Crippen LogP contribution in [0.25, 0.3) is 0 Å². The monoisotopic (exact) mass is 198 g/mol. The SMILES string of the molecule is Cc1c(O)cccc1C(O)C(O)CO. The highest BCUT2D eigenvalue weighted by Crippen LogP contribution is 2.26. The van der Waals surface area contributed by atoms with Gasteiger partial charge in [-0.15, -0.1) is 0 Å². The van der Waals surface area contributed by atoms with Crippen molar-refractivity contribution in [1.29, 1.82) is 0 Å². The van der Waals surface area contributed by atoms with E-state index >= 15 is 0 Å². The molecule has 1 aromatic carbocycles. The van der Waals surface area contributed by atoms with Crippen LogP contribution in [0.15, 0.2) is 18.2 Å². The molecule has 0 amide bonds. The van der Waals surface area contributed by atoms with E-state index in [2.05, 4.69) is 0 Å². The summed E-state index contributed by atoms with van der Waals surface area (Å²) in [4.78, 5) is 0. The molecule has 0 saturated carbocycles. The third-order valence-electron chi connectivity index (χ3n) is 2.22. The van der Waals surface area contributed by atoms with E-state index in [0.717, 1.165) is 0 Å². The largest absolute Gasteiger partial charge is 0.508 e. The predicted molar refractivity (Wildman–Crippen MR) is 50.9 cm³/mol. The van der Waals surface area contributed by atoms with E-state index < -0.39 is 18.8 Å². The summed E-state index contributed by atoms with van der Waals surface area (Å²) in [6.45, 7) is 1.12. The molecule has 14 heavy (non-hydrogen) atoms. The summed E-state index contributed by atoms with van der Waals surface area (Å²) in [6.07, 6.45) is -2.40. The zero-order valence-electron chi connectivity index (χ0n) is 7.88. The van der Waals surface area contributed by atoms with E-state index in [1.165, 1.54) is 6.07 Å². The van der Waals surface area contributed by atoms with Gasteiger partial charge < -0.3 is 20.4 Å². The Balaban J connectivity index is 3.01. The molecule has 2 unspecified atom stereocenters. The van der Waals surface area contributed by atoms with Gasteiger partial charge in [0, 0.05) is 0 Å². The Bertz CT molecular complexity index is 311. The molecule has 0 aliphatic rings. The van der Waals surface area contributed by atoms with Crippen LogP contribution in [0.5, 0.6) is 5.75 Å². The van der Waals surface area contributed by atoms with E-state index in [4.69, 9.17) is 5.11 Å². The highest BCUT2D eigenvalue weighted by atomic mass is 16.4. The third kappa shape index (κ3) is 2.04. The Labute approximate surface area is 82.1 Å². The van der Waals surface area contributed by atoms with Crippen LogP contribution >= 0.6 is 0 Å². The Kier molecular flexibility index (Phi) is 3.46. The van der Waals surface area contributed by atoms with Crippen molar-refractivity contribution < 1.29 is 20.4 Å². The number of phenolic OH excluding ortho intramolecular Hbond substituents is 1. The number of aliphatic hydroxyl groups is 3. The van der Waals surface area contributed by atoms with Crippen molar-refractivity contribution in [2.75, 3.05) is 6.61 Å². The van der Waals surface area contributed by atoms with Gasteiger partial charge in [0.25, 0.3) is 0 Å². The summed E-state index contributed by atoms with van der Waals surface area (Å²) >= 11 is 0. The van der Waals surface area contributed by atoms with Crippen molar-refractivity contribution in [1.82, 2.24) is 0 Å². The van der Waals surface area contributed by atoms with E-state index in [0.29, 0.717) is 11.1 Å². The lowest BCUT2D eigenvalue weighted by Gasteiger charge is -2.18. The molecular weight excluding hydrogens is 184 g/mol. The second kappa shape index (κ2) is 4.41. The topological polar surface area (TPSA) is 80.9 Å². The van der Waals surface area contributed by atoms with Crippen molar-refractivity contribution >= 4 is 0 Å². The molecule has 0 aliphatic carbocycles. The lowest BCUT2D eigenvalue weighted by molar-refractivity contribution is -0.0156. The fraction of sp³-hybridized carbons (Fsp3) is 0.400. The standard InChI is InChI=1S/C10H14O4/c1-6-7(3-2-4-8(6)12)10(14)9(13)5-11/h2-4,9-14H,5H2,1H3. The van der Waals surface area contributed by atoms with Crippen molar-refractivity contribution in [2.24, 2.45) is 0 Å². The number of aliphatic hydroxyl groups excluding tert-OH is 3.